The molecule has 2 unspecified atom stereocenters. The Morgan fingerprint density at radius 1 is 1.18 bits per heavy atom. The molecule has 0 aromatic heterocycles. The van der Waals surface area contributed by atoms with Crippen LogP contribution in [-0.2, 0) is 4.79 Å². The molecule has 0 bridgehead atoms. The van der Waals surface area contributed by atoms with Gasteiger partial charge in [0, 0.05) is 11.1 Å². The first-order chi connectivity index (χ1) is 10.5. The highest BCUT2D eigenvalue weighted by Crippen LogP contribution is 2.24. The van der Waals surface area contributed by atoms with E-state index >= 15 is 0 Å². The van der Waals surface area contributed by atoms with E-state index in [-0.39, 0.29) is 10.6 Å². The molecular weight excluding hydrogens is 309 g/mol. The molecule has 0 radical (unpaired) electrons. The van der Waals surface area contributed by atoms with E-state index < -0.39 is 29.7 Å². The van der Waals surface area contributed by atoms with Gasteiger partial charge in [0.2, 0.25) is 0 Å². The Morgan fingerprint density at radius 2 is 1.86 bits per heavy atom. The van der Waals surface area contributed by atoms with Gasteiger partial charge in [-0.1, -0.05) is 37.3 Å². The minimum atomic E-state index is -0.913. The summed E-state index contributed by atoms with van der Waals surface area (Å²) in [6, 6.07) is 3.35. The van der Waals surface area contributed by atoms with Gasteiger partial charge in [0.15, 0.2) is 0 Å². The van der Waals surface area contributed by atoms with E-state index in [1.54, 1.807) is 0 Å². The van der Waals surface area contributed by atoms with Crippen LogP contribution in [0.3, 0.4) is 0 Å². The summed E-state index contributed by atoms with van der Waals surface area (Å²) in [4.78, 5) is 23.6. The lowest BCUT2D eigenvalue weighted by atomic mass is 9.86. The number of amides is 1. The SMILES string of the molecule is O=C(NC1CCCCCCC1C(=O)O)c1ccc(Cl)cc1F. The third-order valence-electron chi connectivity index (χ3n) is 4.08. The Morgan fingerprint density at radius 3 is 2.50 bits per heavy atom. The van der Waals surface area contributed by atoms with E-state index in [0.29, 0.717) is 12.8 Å². The molecule has 2 atom stereocenters. The van der Waals surface area contributed by atoms with Gasteiger partial charge in [0.25, 0.3) is 5.91 Å². The highest BCUT2D eigenvalue weighted by Gasteiger charge is 2.30. The van der Waals surface area contributed by atoms with E-state index in [1.807, 2.05) is 0 Å². The van der Waals surface area contributed by atoms with Crippen molar-refractivity contribution >= 4 is 23.5 Å². The topological polar surface area (TPSA) is 66.4 Å². The highest BCUT2D eigenvalue weighted by atomic mass is 35.5. The molecule has 4 nitrogen and oxygen atoms in total. The molecule has 0 saturated heterocycles. The van der Waals surface area contributed by atoms with Gasteiger partial charge in [-0.15, -0.1) is 0 Å². The second-order valence-electron chi connectivity index (χ2n) is 5.64. The van der Waals surface area contributed by atoms with E-state index in [0.717, 1.165) is 31.7 Å². The zero-order valence-electron chi connectivity index (χ0n) is 12.1. The Hall–Kier alpha value is -1.62. The number of hydrogen-bond acceptors (Lipinski definition) is 2. The lowest BCUT2D eigenvalue weighted by Gasteiger charge is -2.27. The summed E-state index contributed by atoms with van der Waals surface area (Å²) in [5.74, 6) is -2.84. The maximum absolute atomic E-state index is 13.8. The molecule has 6 heteroatoms. The monoisotopic (exact) mass is 327 g/mol. The van der Waals surface area contributed by atoms with Crippen molar-refractivity contribution in [3.8, 4) is 0 Å². The lowest BCUT2D eigenvalue weighted by Crippen LogP contribution is -2.44. The van der Waals surface area contributed by atoms with Crippen LogP contribution in [0.1, 0.15) is 48.9 Å². The number of halogens is 2. The second-order valence-corrected chi connectivity index (χ2v) is 6.08. The molecule has 1 amide bonds. The fraction of sp³-hybridized carbons (Fsp3) is 0.500. The van der Waals surface area contributed by atoms with E-state index in [4.69, 9.17) is 11.6 Å². The zero-order valence-corrected chi connectivity index (χ0v) is 12.9. The first-order valence-corrected chi connectivity index (χ1v) is 7.85. The van der Waals surface area contributed by atoms with Crippen LogP contribution < -0.4 is 5.32 Å². The quantitative estimate of drug-likeness (QED) is 0.890. The molecule has 1 aromatic carbocycles. The van der Waals surface area contributed by atoms with Gasteiger partial charge in [-0.3, -0.25) is 9.59 Å². The van der Waals surface area contributed by atoms with Crippen LogP contribution in [0.5, 0.6) is 0 Å². The first kappa shape index (κ1) is 16.7. The summed E-state index contributed by atoms with van der Waals surface area (Å²) in [5.41, 5.74) is -0.115. The maximum atomic E-state index is 13.8. The van der Waals surface area contributed by atoms with Crippen LogP contribution in [0.15, 0.2) is 18.2 Å². The third-order valence-corrected chi connectivity index (χ3v) is 4.31. The molecule has 0 heterocycles. The Labute approximate surface area is 133 Å². The number of aliphatic carboxylic acids is 1. The van der Waals surface area contributed by atoms with Gasteiger partial charge >= 0.3 is 5.97 Å². The zero-order chi connectivity index (χ0) is 16.1. The molecule has 0 spiro atoms. The molecule has 1 aliphatic carbocycles. The number of carboxylic acid groups (broad SMARTS) is 1. The van der Waals surface area contributed by atoms with Crippen molar-refractivity contribution in [1.29, 1.82) is 0 Å². The first-order valence-electron chi connectivity index (χ1n) is 7.48. The van der Waals surface area contributed by atoms with Gasteiger partial charge < -0.3 is 10.4 Å². The van der Waals surface area contributed by atoms with Crippen molar-refractivity contribution in [3.63, 3.8) is 0 Å². The van der Waals surface area contributed by atoms with Crippen LogP contribution in [0, 0.1) is 11.7 Å². The van der Waals surface area contributed by atoms with Crippen LogP contribution in [0.25, 0.3) is 0 Å². The summed E-state index contributed by atoms with van der Waals surface area (Å²) in [5, 5.41) is 12.3. The molecule has 1 aliphatic rings. The average Bonchev–Trinajstić information content (AvgIpc) is 2.41. The predicted molar refractivity (Wildman–Crippen MR) is 81.5 cm³/mol. The number of hydrogen-bond donors (Lipinski definition) is 2. The summed E-state index contributed by atoms with van der Waals surface area (Å²) < 4.78 is 13.8. The average molecular weight is 328 g/mol. The molecule has 0 aliphatic heterocycles. The lowest BCUT2D eigenvalue weighted by molar-refractivity contribution is -0.143. The Balaban J connectivity index is 2.14. The van der Waals surface area contributed by atoms with Gasteiger partial charge in [-0.25, -0.2) is 4.39 Å². The molecule has 2 rings (SSSR count). The largest absolute Gasteiger partial charge is 0.481 e. The summed E-state index contributed by atoms with van der Waals surface area (Å²) in [7, 11) is 0. The van der Waals surface area contributed by atoms with Crippen LogP contribution in [0.4, 0.5) is 4.39 Å². The summed E-state index contributed by atoms with van der Waals surface area (Å²) in [6.07, 6.45) is 4.85. The van der Waals surface area contributed by atoms with Gasteiger partial charge in [0.1, 0.15) is 5.82 Å². The number of carboxylic acids is 1. The fourth-order valence-electron chi connectivity index (χ4n) is 2.87. The molecule has 1 aromatic rings. The molecular formula is C16H19ClFNO3. The normalized spacial score (nSPS) is 22.5. The van der Waals surface area contributed by atoms with Crippen molar-refractivity contribution in [3.05, 3.63) is 34.6 Å². The number of carbonyl (C=O) groups excluding carboxylic acids is 1. The third kappa shape index (κ3) is 4.19. The minimum Gasteiger partial charge on any atom is -0.481 e. The van der Waals surface area contributed by atoms with Gasteiger partial charge in [0.05, 0.1) is 11.5 Å². The number of rotatable bonds is 3. The van der Waals surface area contributed by atoms with Crippen molar-refractivity contribution < 1.29 is 19.1 Å². The molecule has 1 saturated carbocycles. The van der Waals surface area contributed by atoms with Crippen molar-refractivity contribution in [1.82, 2.24) is 5.32 Å². The Bertz CT molecular complexity index is 564. The van der Waals surface area contributed by atoms with Crippen molar-refractivity contribution in [2.75, 3.05) is 0 Å². The standard InChI is InChI=1S/C16H19ClFNO3/c17-10-7-8-11(13(18)9-10)15(20)19-14-6-4-2-1-3-5-12(14)16(21)22/h7-9,12,14H,1-6H2,(H,19,20)(H,21,22). The van der Waals surface area contributed by atoms with Crippen molar-refractivity contribution in [2.24, 2.45) is 5.92 Å². The van der Waals surface area contributed by atoms with Crippen LogP contribution in [-0.4, -0.2) is 23.0 Å². The van der Waals surface area contributed by atoms with Crippen molar-refractivity contribution in [2.45, 2.75) is 44.6 Å². The van der Waals surface area contributed by atoms with Crippen LogP contribution >= 0.6 is 11.6 Å². The van der Waals surface area contributed by atoms with E-state index in [9.17, 15) is 19.1 Å². The maximum Gasteiger partial charge on any atom is 0.308 e. The number of nitrogens with one attached hydrogen (secondary N) is 1. The fourth-order valence-corrected chi connectivity index (χ4v) is 3.03. The highest BCUT2D eigenvalue weighted by molar-refractivity contribution is 6.30. The molecule has 22 heavy (non-hydrogen) atoms. The predicted octanol–water partition coefficient (Wildman–Crippen LogP) is 3.63. The summed E-state index contributed by atoms with van der Waals surface area (Å²) in [6.45, 7) is 0. The van der Waals surface area contributed by atoms with Gasteiger partial charge in [-0.2, -0.15) is 0 Å². The molecule has 1 fully saturated rings. The second kappa shape index (κ2) is 7.58. The minimum absolute atomic E-state index is 0.115. The number of carbonyl (C=O) groups is 2. The smallest absolute Gasteiger partial charge is 0.308 e. The Kier molecular flexibility index (Phi) is 5.77. The molecule has 2 N–H and O–H groups in total. The van der Waals surface area contributed by atoms with Crippen LogP contribution in [0.2, 0.25) is 5.02 Å². The van der Waals surface area contributed by atoms with E-state index in [2.05, 4.69) is 5.32 Å². The van der Waals surface area contributed by atoms with E-state index in [1.165, 1.54) is 12.1 Å². The molecule has 120 valence electrons. The number of benzene rings is 1. The van der Waals surface area contributed by atoms with Gasteiger partial charge in [-0.05, 0) is 31.0 Å². The summed E-state index contributed by atoms with van der Waals surface area (Å²) >= 11 is 5.67.